The number of likely N-dealkylation sites (tertiary alicyclic amines) is 1. The molecule has 3 rings (SSSR count). The fraction of sp³-hybridized carbons (Fsp3) is 0.636. The van der Waals surface area contributed by atoms with Gasteiger partial charge in [0.1, 0.15) is 5.75 Å². The number of methoxy groups -OCH3 is 1. The van der Waals surface area contributed by atoms with Crippen LogP contribution < -0.4 is 15.0 Å². The third-order valence-electron chi connectivity index (χ3n) is 5.99. The average molecular weight is 529 g/mol. The lowest BCUT2D eigenvalue weighted by Crippen LogP contribution is -2.53. The molecule has 30 heavy (non-hydrogen) atoms. The van der Waals surface area contributed by atoms with Gasteiger partial charge in [0.05, 0.1) is 7.11 Å². The second kappa shape index (κ2) is 12.2. The summed E-state index contributed by atoms with van der Waals surface area (Å²) in [5.74, 6) is 2.16. The predicted octanol–water partition coefficient (Wildman–Crippen LogP) is 2.80. The normalized spacial score (nSPS) is 18.3. The minimum atomic E-state index is 0. The minimum absolute atomic E-state index is 0. The van der Waals surface area contributed by atoms with Crippen LogP contribution in [0.25, 0.3) is 0 Å². The zero-order valence-corrected chi connectivity index (χ0v) is 20.8. The summed E-state index contributed by atoms with van der Waals surface area (Å²) >= 11 is 0. The number of hydrogen-bond acceptors (Lipinski definition) is 4. The topological polar surface area (TPSA) is 60.4 Å². The second-order valence-electron chi connectivity index (χ2n) is 7.69. The van der Waals surface area contributed by atoms with Gasteiger partial charge in [-0.15, -0.1) is 24.0 Å². The maximum Gasteiger partial charge on any atom is 0.222 e. The third kappa shape index (κ3) is 6.15. The molecule has 1 aromatic rings. The number of aliphatic imine (C=N–C) groups is 1. The molecule has 1 aromatic carbocycles. The molecule has 1 amide bonds. The number of rotatable bonds is 7. The first-order chi connectivity index (χ1) is 14.2. The fourth-order valence-corrected chi connectivity index (χ4v) is 4.30. The molecule has 0 saturated carbocycles. The van der Waals surface area contributed by atoms with Crippen molar-refractivity contribution in [1.82, 2.24) is 15.1 Å². The highest BCUT2D eigenvalue weighted by atomic mass is 127. The van der Waals surface area contributed by atoms with Crippen molar-refractivity contribution >= 4 is 41.5 Å². The van der Waals surface area contributed by atoms with Crippen LogP contribution in [0.4, 0.5) is 5.69 Å². The van der Waals surface area contributed by atoms with Gasteiger partial charge < -0.3 is 24.8 Å². The Morgan fingerprint density at radius 1 is 1.23 bits per heavy atom. The summed E-state index contributed by atoms with van der Waals surface area (Å²) < 4.78 is 5.35. The highest BCUT2D eigenvalue weighted by Crippen LogP contribution is 2.22. The van der Waals surface area contributed by atoms with Gasteiger partial charge in [-0.05, 0) is 31.4 Å². The molecule has 1 atom stereocenters. The molecule has 2 fully saturated rings. The van der Waals surface area contributed by atoms with Crippen LogP contribution in [0.5, 0.6) is 5.75 Å². The highest BCUT2D eigenvalue weighted by molar-refractivity contribution is 14.0. The quantitative estimate of drug-likeness (QED) is 0.335. The molecule has 1 unspecified atom stereocenters. The van der Waals surface area contributed by atoms with E-state index in [0.717, 1.165) is 70.2 Å². The number of carbonyl (C=O) groups is 1. The van der Waals surface area contributed by atoms with Gasteiger partial charge in [0.2, 0.25) is 5.91 Å². The van der Waals surface area contributed by atoms with Gasteiger partial charge in [-0.2, -0.15) is 0 Å². The van der Waals surface area contributed by atoms with Crippen molar-refractivity contribution < 1.29 is 9.53 Å². The molecular formula is C22H36IN5O2. The van der Waals surface area contributed by atoms with Crippen LogP contribution in [0, 0.1) is 0 Å². The third-order valence-corrected chi connectivity index (χ3v) is 5.99. The summed E-state index contributed by atoms with van der Waals surface area (Å²) in [6.07, 6.45) is 3.68. The van der Waals surface area contributed by atoms with Gasteiger partial charge in [-0.1, -0.05) is 13.0 Å². The first-order valence-electron chi connectivity index (χ1n) is 10.8. The lowest BCUT2D eigenvalue weighted by atomic mass is 10.1. The first kappa shape index (κ1) is 24.6. The number of nitrogens with one attached hydrogen (secondary N) is 1. The molecule has 2 aliphatic rings. The van der Waals surface area contributed by atoms with E-state index in [1.165, 1.54) is 5.69 Å². The molecule has 168 valence electrons. The van der Waals surface area contributed by atoms with E-state index in [9.17, 15) is 4.79 Å². The molecule has 7 nitrogen and oxygen atoms in total. The molecule has 8 heteroatoms. The number of benzene rings is 1. The standard InChI is InChI=1S/C22H35N5O2.HI/c1-4-18(27-12-6-9-21(27)28)10-11-24-22(23-2)26-15-13-25(14-16-26)19-7-5-8-20(17-19)29-3;/h5,7-8,17-18H,4,6,9-16H2,1-3H3,(H,23,24);1H. The van der Waals surface area contributed by atoms with Crippen molar-refractivity contribution in [3.63, 3.8) is 0 Å². The number of anilines is 1. The van der Waals surface area contributed by atoms with Crippen LogP contribution in [0.2, 0.25) is 0 Å². The van der Waals surface area contributed by atoms with Crippen molar-refractivity contribution in [3.8, 4) is 5.75 Å². The number of hydrogen-bond donors (Lipinski definition) is 1. The fourth-order valence-electron chi connectivity index (χ4n) is 4.30. The Morgan fingerprint density at radius 2 is 2.00 bits per heavy atom. The SMILES string of the molecule is CCC(CCNC(=NC)N1CCN(c2cccc(OC)c2)CC1)N1CCCC1=O.I. The molecule has 0 spiro atoms. The van der Waals surface area contributed by atoms with Crippen LogP contribution in [-0.2, 0) is 4.79 Å². The Labute approximate surface area is 197 Å². The van der Waals surface area contributed by atoms with Crippen molar-refractivity contribution in [2.75, 3.05) is 58.3 Å². The number of nitrogens with zero attached hydrogens (tertiary/aromatic N) is 4. The number of piperazine rings is 1. The summed E-state index contributed by atoms with van der Waals surface area (Å²) in [6, 6.07) is 8.57. The zero-order valence-electron chi connectivity index (χ0n) is 18.5. The predicted molar refractivity (Wildman–Crippen MR) is 133 cm³/mol. The average Bonchev–Trinajstić information content (AvgIpc) is 3.20. The monoisotopic (exact) mass is 529 g/mol. The Morgan fingerprint density at radius 3 is 2.60 bits per heavy atom. The number of ether oxygens (including phenoxy) is 1. The van der Waals surface area contributed by atoms with Gasteiger partial charge in [0.25, 0.3) is 0 Å². The van der Waals surface area contributed by atoms with E-state index in [-0.39, 0.29) is 24.0 Å². The number of carbonyl (C=O) groups excluding carboxylic acids is 1. The van der Waals surface area contributed by atoms with Crippen LogP contribution in [0.3, 0.4) is 0 Å². The summed E-state index contributed by atoms with van der Waals surface area (Å²) in [6.45, 7) is 7.69. The maximum atomic E-state index is 12.0. The summed E-state index contributed by atoms with van der Waals surface area (Å²) in [5, 5.41) is 3.51. The Balaban J connectivity index is 0.00000320. The lowest BCUT2D eigenvalue weighted by Gasteiger charge is -2.38. The van der Waals surface area contributed by atoms with Crippen LogP contribution >= 0.6 is 24.0 Å². The first-order valence-corrected chi connectivity index (χ1v) is 10.8. The minimum Gasteiger partial charge on any atom is -0.497 e. The van der Waals surface area contributed by atoms with Gasteiger partial charge in [0.15, 0.2) is 5.96 Å². The largest absolute Gasteiger partial charge is 0.497 e. The van der Waals surface area contributed by atoms with Crippen LogP contribution in [0.15, 0.2) is 29.3 Å². The smallest absolute Gasteiger partial charge is 0.222 e. The van der Waals surface area contributed by atoms with Crippen LogP contribution in [0.1, 0.15) is 32.6 Å². The summed E-state index contributed by atoms with van der Waals surface area (Å²) in [4.78, 5) is 23.3. The molecule has 2 saturated heterocycles. The van der Waals surface area contributed by atoms with Gasteiger partial charge in [0, 0.05) is 70.5 Å². The van der Waals surface area contributed by atoms with Gasteiger partial charge in [-0.3, -0.25) is 9.79 Å². The molecule has 2 aliphatic heterocycles. The lowest BCUT2D eigenvalue weighted by molar-refractivity contribution is -0.129. The van der Waals surface area contributed by atoms with Crippen molar-refractivity contribution in [2.45, 2.75) is 38.6 Å². The zero-order chi connectivity index (χ0) is 20.6. The Bertz CT molecular complexity index is 707. The summed E-state index contributed by atoms with van der Waals surface area (Å²) in [7, 11) is 3.55. The van der Waals surface area contributed by atoms with E-state index in [0.29, 0.717) is 18.4 Å². The van der Waals surface area contributed by atoms with E-state index >= 15 is 0 Å². The van der Waals surface area contributed by atoms with Crippen LogP contribution in [-0.4, -0.2) is 81.1 Å². The van der Waals surface area contributed by atoms with Crippen molar-refractivity contribution in [1.29, 1.82) is 0 Å². The highest BCUT2D eigenvalue weighted by Gasteiger charge is 2.26. The number of amides is 1. The van der Waals surface area contributed by atoms with E-state index in [2.05, 4.69) is 44.1 Å². The molecule has 1 N–H and O–H groups in total. The number of halogens is 1. The number of guanidine groups is 1. The molecule has 2 heterocycles. The molecule has 0 aliphatic carbocycles. The molecular weight excluding hydrogens is 493 g/mol. The van der Waals surface area contributed by atoms with Crippen molar-refractivity contribution in [3.05, 3.63) is 24.3 Å². The summed E-state index contributed by atoms with van der Waals surface area (Å²) in [5.41, 5.74) is 1.20. The van der Waals surface area contributed by atoms with E-state index in [1.54, 1.807) is 7.11 Å². The Hall–Kier alpha value is -1.71. The maximum absolute atomic E-state index is 12.0. The molecule has 0 radical (unpaired) electrons. The van der Waals surface area contributed by atoms with Gasteiger partial charge in [-0.25, -0.2) is 0 Å². The van der Waals surface area contributed by atoms with E-state index in [1.807, 2.05) is 19.2 Å². The molecule has 0 bridgehead atoms. The van der Waals surface area contributed by atoms with E-state index < -0.39 is 0 Å². The van der Waals surface area contributed by atoms with E-state index in [4.69, 9.17) is 4.74 Å². The second-order valence-corrected chi connectivity index (χ2v) is 7.69. The molecule has 0 aromatic heterocycles. The van der Waals surface area contributed by atoms with Crippen molar-refractivity contribution in [2.24, 2.45) is 4.99 Å². The van der Waals surface area contributed by atoms with Gasteiger partial charge >= 0.3 is 0 Å². The Kier molecular flexibility index (Phi) is 10.0.